The highest BCUT2D eigenvalue weighted by Gasteiger charge is 2.18. The first kappa shape index (κ1) is 19.5. The SMILES string of the molecule is Cc1ccc(OCc2nnc(-c3ccc(Cl)cc3Cl)n2-c2ccc(C)cc2)cc1. The molecule has 0 aliphatic heterocycles. The van der Waals surface area contributed by atoms with E-state index in [0.29, 0.717) is 21.7 Å². The highest BCUT2D eigenvalue weighted by Crippen LogP contribution is 2.31. The lowest BCUT2D eigenvalue weighted by molar-refractivity contribution is 0.293. The van der Waals surface area contributed by atoms with Crippen molar-refractivity contribution in [2.75, 3.05) is 0 Å². The lowest BCUT2D eigenvalue weighted by Crippen LogP contribution is -2.07. The molecule has 1 aromatic heterocycles. The Hall–Kier alpha value is -2.82. The number of hydrogen-bond donors (Lipinski definition) is 0. The summed E-state index contributed by atoms with van der Waals surface area (Å²) in [6, 6.07) is 21.4. The van der Waals surface area contributed by atoms with E-state index in [4.69, 9.17) is 27.9 Å². The second-order valence-electron chi connectivity index (χ2n) is 6.84. The molecule has 0 N–H and O–H groups in total. The van der Waals surface area contributed by atoms with E-state index in [9.17, 15) is 0 Å². The quantitative estimate of drug-likeness (QED) is 0.370. The van der Waals surface area contributed by atoms with Gasteiger partial charge in [0.1, 0.15) is 12.4 Å². The Kier molecular flexibility index (Phi) is 5.56. The van der Waals surface area contributed by atoms with Gasteiger partial charge in [-0.15, -0.1) is 10.2 Å². The average molecular weight is 424 g/mol. The van der Waals surface area contributed by atoms with Crippen LogP contribution in [0.25, 0.3) is 17.1 Å². The van der Waals surface area contributed by atoms with Crippen molar-refractivity contribution in [2.45, 2.75) is 20.5 Å². The lowest BCUT2D eigenvalue weighted by atomic mass is 10.2. The second-order valence-corrected chi connectivity index (χ2v) is 7.68. The zero-order chi connectivity index (χ0) is 20.4. The van der Waals surface area contributed by atoms with Gasteiger partial charge in [0.25, 0.3) is 0 Å². The van der Waals surface area contributed by atoms with E-state index in [0.717, 1.165) is 17.0 Å². The predicted octanol–water partition coefficient (Wildman–Crippen LogP) is 6.44. The van der Waals surface area contributed by atoms with Crippen LogP contribution in [-0.4, -0.2) is 14.8 Å². The largest absolute Gasteiger partial charge is 0.486 e. The summed E-state index contributed by atoms with van der Waals surface area (Å²) in [5.41, 5.74) is 4.04. The van der Waals surface area contributed by atoms with Crippen LogP contribution in [0.3, 0.4) is 0 Å². The fraction of sp³-hybridized carbons (Fsp3) is 0.130. The zero-order valence-electron chi connectivity index (χ0n) is 16.1. The third kappa shape index (κ3) is 4.29. The van der Waals surface area contributed by atoms with Crippen LogP contribution in [0.4, 0.5) is 0 Å². The highest BCUT2D eigenvalue weighted by molar-refractivity contribution is 6.36. The van der Waals surface area contributed by atoms with Crippen LogP contribution in [0.5, 0.6) is 5.75 Å². The molecular formula is C23H19Cl2N3O. The minimum absolute atomic E-state index is 0.273. The first-order chi connectivity index (χ1) is 14.0. The highest BCUT2D eigenvalue weighted by atomic mass is 35.5. The van der Waals surface area contributed by atoms with E-state index in [1.165, 1.54) is 11.1 Å². The summed E-state index contributed by atoms with van der Waals surface area (Å²) < 4.78 is 7.92. The molecule has 3 aromatic carbocycles. The van der Waals surface area contributed by atoms with E-state index in [-0.39, 0.29) is 6.61 Å². The number of aromatic nitrogens is 3. The first-order valence-electron chi connectivity index (χ1n) is 9.17. The molecule has 0 spiro atoms. The lowest BCUT2D eigenvalue weighted by Gasteiger charge is -2.13. The molecule has 0 aliphatic carbocycles. The standard InChI is InChI=1S/C23H19Cl2N3O/c1-15-3-8-18(9-4-15)28-22(14-29-19-10-5-16(2)6-11-19)26-27-23(28)20-12-7-17(24)13-21(20)25/h3-13H,14H2,1-2H3. The second kappa shape index (κ2) is 8.27. The van der Waals surface area contributed by atoms with Crippen LogP contribution >= 0.6 is 23.2 Å². The summed E-state index contributed by atoms with van der Waals surface area (Å²) in [5, 5.41) is 9.88. The first-order valence-corrected chi connectivity index (χ1v) is 9.93. The van der Waals surface area contributed by atoms with Gasteiger partial charge < -0.3 is 4.74 Å². The number of nitrogens with zero attached hydrogens (tertiary/aromatic N) is 3. The van der Waals surface area contributed by atoms with Crippen LogP contribution in [-0.2, 0) is 6.61 Å². The molecular weight excluding hydrogens is 405 g/mol. The molecule has 4 rings (SSSR count). The monoisotopic (exact) mass is 423 g/mol. The number of rotatable bonds is 5. The number of aryl methyl sites for hydroxylation is 2. The van der Waals surface area contributed by atoms with Crippen molar-refractivity contribution in [2.24, 2.45) is 0 Å². The van der Waals surface area contributed by atoms with Crippen molar-refractivity contribution in [1.82, 2.24) is 14.8 Å². The summed E-state index contributed by atoms with van der Waals surface area (Å²) in [7, 11) is 0. The third-order valence-electron chi connectivity index (χ3n) is 4.58. The third-order valence-corrected chi connectivity index (χ3v) is 5.13. The molecule has 0 aliphatic rings. The fourth-order valence-electron chi connectivity index (χ4n) is 3.00. The maximum Gasteiger partial charge on any atom is 0.175 e. The van der Waals surface area contributed by atoms with Gasteiger partial charge in [-0.2, -0.15) is 0 Å². The van der Waals surface area contributed by atoms with E-state index in [1.54, 1.807) is 12.1 Å². The minimum atomic E-state index is 0.273. The van der Waals surface area contributed by atoms with Gasteiger partial charge in [0.05, 0.1) is 5.02 Å². The Morgan fingerprint density at radius 1 is 0.828 bits per heavy atom. The van der Waals surface area contributed by atoms with Gasteiger partial charge in [-0.25, -0.2) is 0 Å². The van der Waals surface area contributed by atoms with Gasteiger partial charge in [0, 0.05) is 16.3 Å². The average Bonchev–Trinajstić information content (AvgIpc) is 3.12. The molecule has 29 heavy (non-hydrogen) atoms. The van der Waals surface area contributed by atoms with Gasteiger partial charge in [-0.3, -0.25) is 4.57 Å². The molecule has 0 radical (unpaired) electrons. The molecule has 4 aromatic rings. The van der Waals surface area contributed by atoms with Crippen LogP contribution < -0.4 is 4.74 Å². The summed E-state index contributed by atoms with van der Waals surface area (Å²) in [5.74, 6) is 2.09. The van der Waals surface area contributed by atoms with E-state index in [2.05, 4.69) is 10.2 Å². The molecule has 0 fully saturated rings. The predicted molar refractivity (Wildman–Crippen MR) is 117 cm³/mol. The van der Waals surface area contributed by atoms with Crippen molar-refractivity contribution in [3.63, 3.8) is 0 Å². The van der Waals surface area contributed by atoms with E-state index >= 15 is 0 Å². The Morgan fingerprint density at radius 3 is 2.14 bits per heavy atom. The maximum absolute atomic E-state index is 6.45. The number of hydrogen-bond acceptors (Lipinski definition) is 3. The van der Waals surface area contributed by atoms with Gasteiger partial charge in [0.15, 0.2) is 11.6 Å². The van der Waals surface area contributed by atoms with E-state index in [1.807, 2.05) is 73.0 Å². The maximum atomic E-state index is 6.45. The molecule has 0 atom stereocenters. The van der Waals surface area contributed by atoms with Gasteiger partial charge >= 0.3 is 0 Å². The Balaban J connectivity index is 1.75. The zero-order valence-corrected chi connectivity index (χ0v) is 17.6. The van der Waals surface area contributed by atoms with Crippen molar-refractivity contribution < 1.29 is 4.74 Å². The molecule has 146 valence electrons. The van der Waals surface area contributed by atoms with E-state index < -0.39 is 0 Å². The van der Waals surface area contributed by atoms with Crippen molar-refractivity contribution in [3.8, 4) is 22.8 Å². The molecule has 4 nitrogen and oxygen atoms in total. The smallest absolute Gasteiger partial charge is 0.175 e. The Bertz CT molecular complexity index is 1140. The number of ether oxygens (including phenoxy) is 1. The summed E-state index contributed by atoms with van der Waals surface area (Å²) >= 11 is 12.5. The molecule has 0 saturated carbocycles. The van der Waals surface area contributed by atoms with Crippen LogP contribution in [0.1, 0.15) is 17.0 Å². The van der Waals surface area contributed by atoms with Gasteiger partial charge in [0.2, 0.25) is 0 Å². The Labute approximate surface area is 179 Å². The molecule has 0 saturated heterocycles. The molecule has 1 heterocycles. The molecule has 0 bridgehead atoms. The fourth-order valence-corrected chi connectivity index (χ4v) is 3.50. The summed E-state index contributed by atoms with van der Waals surface area (Å²) in [6.07, 6.45) is 0. The minimum Gasteiger partial charge on any atom is -0.486 e. The topological polar surface area (TPSA) is 39.9 Å². The van der Waals surface area contributed by atoms with Crippen LogP contribution in [0.2, 0.25) is 10.0 Å². The Morgan fingerprint density at radius 2 is 1.48 bits per heavy atom. The van der Waals surface area contributed by atoms with Gasteiger partial charge in [-0.1, -0.05) is 58.6 Å². The normalized spacial score (nSPS) is 10.9. The van der Waals surface area contributed by atoms with Crippen molar-refractivity contribution in [3.05, 3.63) is 93.7 Å². The van der Waals surface area contributed by atoms with Gasteiger partial charge in [-0.05, 0) is 56.3 Å². The van der Waals surface area contributed by atoms with Crippen molar-refractivity contribution in [1.29, 1.82) is 0 Å². The van der Waals surface area contributed by atoms with Crippen molar-refractivity contribution >= 4 is 23.2 Å². The number of halogens is 2. The summed E-state index contributed by atoms with van der Waals surface area (Å²) in [4.78, 5) is 0. The summed E-state index contributed by atoms with van der Waals surface area (Å²) in [6.45, 7) is 4.36. The van der Waals surface area contributed by atoms with Crippen LogP contribution in [0.15, 0.2) is 66.7 Å². The van der Waals surface area contributed by atoms with Crippen LogP contribution in [0, 0.1) is 13.8 Å². The molecule has 6 heteroatoms. The number of benzene rings is 3. The molecule has 0 amide bonds. The molecule has 0 unspecified atom stereocenters.